The number of aryl methyl sites for hydroxylation is 1. The average Bonchev–Trinajstić information content (AvgIpc) is 2.60. The Kier molecular flexibility index (Phi) is 3.82. The summed E-state index contributed by atoms with van der Waals surface area (Å²) in [6.45, 7) is 2.29. The van der Waals surface area contributed by atoms with Crippen LogP contribution < -0.4 is 5.73 Å². The summed E-state index contributed by atoms with van der Waals surface area (Å²) in [4.78, 5) is 4.30. The molecule has 1 saturated carbocycles. The third kappa shape index (κ3) is 3.06. The Bertz CT molecular complexity index is 360. The molecule has 0 aromatic carbocycles. The van der Waals surface area contributed by atoms with E-state index in [0.717, 1.165) is 31.0 Å². The number of nitrogens with zero attached hydrogens (tertiary/aromatic N) is 3. The molecule has 2 rings (SSSR count). The van der Waals surface area contributed by atoms with Crippen LogP contribution in [0.4, 0.5) is 0 Å². The quantitative estimate of drug-likeness (QED) is 0.817. The van der Waals surface area contributed by atoms with Crippen LogP contribution in [0.3, 0.4) is 0 Å². The molecule has 96 valence electrons. The minimum atomic E-state index is -0.0648. The second kappa shape index (κ2) is 5.17. The van der Waals surface area contributed by atoms with Crippen LogP contribution in [0.2, 0.25) is 0 Å². The highest BCUT2D eigenvalue weighted by Crippen LogP contribution is 2.32. The summed E-state index contributed by atoms with van der Waals surface area (Å²) in [6, 6.07) is 0. The molecule has 0 aliphatic heterocycles. The molecule has 1 heterocycles. The first-order chi connectivity index (χ1) is 8.13. The number of hydrogen-bond donors (Lipinski definition) is 1. The third-order valence-electron chi connectivity index (χ3n) is 4.23. The lowest BCUT2D eigenvalue weighted by molar-refractivity contribution is 0.348. The van der Waals surface area contributed by atoms with Crippen molar-refractivity contribution in [1.29, 1.82) is 0 Å². The van der Waals surface area contributed by atoms with Crippen molar-refractivity contribution in [2.24, 2.45) is 18.7 Å². The minimum Gasteiger partial charge on any atom is -0.325 e. The van der Waals surface area contributed by atoms with E-state index in [1.807, 2.05) is 11.7 Å². The highest BCUT2D eigenvalue weighted by atomic mass is 15.3. The first-order valence-corrected chi connectivity index (χ1v) is 6.75. The second-order valence-electron chi connectivity index (χ2n) is 5.54. The zero-order valence-corrected chi connectivity index (χ0v) is 11.0. The molecule has 2 N–H and O–H groups in total. The highest BCUT2D eigenvalue weighted by Gasteiger charge is 2.30. The van der Waals surface area contributed by atoms with E-state index in [-0.39, 0.29) is 5.54 Å². The topological polar surface area (TPSA) is 56.7 Å². The Morgan fingerprint density at radius 2 is 2.29 bits per heavy atom. The molecule has 0 radical (unpaired) electrons. The van der Waals surface area contributed by atoms with Crippen molar-refractivity contribution in [3.63, 3.8) is 0 Å². The molecule has 2 unspecified atom stereocenters. The van der Waals surface area contributed by atoms with Crippen LogP contribution >= 0.6 is 0 Å². The van der Waals surface area contributed by atoms with Gasteiger partial charge in [0.25, 0.3) is 0 Å². The van der Waals surface area contributed by atoms with Gasteiger partial charge in [0, 0.05) is 19.0 Å². The van der Waals surface area contributed by atoms with Gasteiger partial charge in [0.15, 0.2) is 0 Å². The van der Waals surface area contributed by atoms with Crippen molar-refractivity contribution in [2.75, 3.05) is 0 Å². The maximum Gasteiger partial charge on any atom is 0.138 e. The standard InChI is InChI=1S/C13H24N4/c1-3-11-5-4-7-13(14,8-6-11)9-12-15-10-16-17(12)2/h10-11H,3-9,14H2,1-2H3. The SMILES string of the molecule is CCC1CCCC(N)(Cc2ncnn2C)CC1. The number of hydrogen-bond acceptors (Lipinski definition) is 3. The predicted molar refractivity (Wildman–Crippen MR) is 68.5 cm³/mol. The molecule has 0 saturated heterocycles. The summed E-state index contributed by atoms with van der Waals surface area (Å²) < 4.78 is 1.84. The van der Waals surface area contributed by atoms with E-state index >= 15 is 0 Å². The fourth-order valence-electron chi connectivity index (χ4n) is 2.88. The van der Waals surface area contributed by atoms with Crippen LogP contribution in [-0.2, 0) is 13.5 Å². The molecule has 4 nitrogen and oxygen atoms in total. The Hall–Kier alpha value is -0.900. The van der Waals surface area contributed by atoms with Gasteiger partial charge in [-0.15, -0.1) is 0 Å². The first-order valence-electron chi connectivity index (χ1n) is 6.75. The van der Waals surface area contributed by atoms with E-state index in [1.54, 1.807) is 6.33 Å². The summed E-state index contributed by atoms with van der Waals surface area (Å²) in [7, 11) is 1.94. The molecule has 1 aromatic rings. The van der Waals surface area contributed by atoms with Crippen LogP contribution in [0.5, 0.6) is 0 Å². The van der Waals surface area contributed by atoms with E-state index in [9.17, 15) is 0 Å². The van der Waals surface area contributed by atoms with E-state index in [4.69, 9.17) is 5.73 Å². The molecule has 1 aliphatic rings. The molecule has 1 fully saturated rings. The Morgan fingerprint density at radius 1 is 1.47 bits per heavy atom. The second-order valence-corrected chi connectivity index (χ2v) is 5.54. The van der Waals surface area contributed by atoms with Gasteiger partial charge >= 0.3 is 0 Å². The van der Waals surface area contributed by atoms with Gasteiger partial charge in [0.2, 0.25) is 0 Å². The maximum absolute atomic E-state index is 6.55. The van der Waals surface area contributed by atoms with Gasteiger partial charge in [0.1, 0.15) is 12.2 Å². The molecular formula is C13H24N4. The van der Waals surface area contributed by atoms with E-state index in [0.29, 0.717) is 0 Å². The Labute approximate surface area is 104 Å². The van der Waals surface area contributed by atoms with Crippen molar-refractivity contribution in [3.8, 4) is 0 Å². The zero-order valence-electron chi connectivity index (χ0n) is 11.0. The lowest BCUT2D eigenvalue weighted by atomic mass is 9.87. The van der Waals surface area contributed by atoms with Crippen molar-refractivity contribution >= 4 is 0 Å². The highest BCUT2D eigenvalue weighted by molar-refractivity contribution is 4.98. The molecule has 1 aromatic heterocycles. The number of nitrogens with two attached hydrogens (primary N) is 1. The van der Waals surface area contributed by atoms with Gasteiger partial charge in [-0.05, 0) is 25.2 Å². The molecule has 2 atom stereocenters. The van der Waals surface area contributed by atoms with Crippen molar-refractivity contribution in [1.82, 2.24) is 14.8 Å². The normalized spacial score (nSPS) is 30.2. The third-order valence-corrected chi connectivity index (χ3v) is 4.23. The number of rotatable bonds is 3. The van der Waals surface area contributed by atoms with Crippen LogP contribution in [0, 0.1) is 5.92 Å². The predicted octanol–water partition coefficient (Wildman–Crippen LogP) is 2.05. The van der Waals surface area contributed by atoms with E-state index in [2.05, 4.69) is 17.0 Å². The maximum atomic E-state index is 6.55. The Morgan fingerprint density at radius 3 is 2.94 bits per heavy atom. The summed E-state index contributed by atoms with van der Waals surface area (Å²) in [5, 5.41) is 4.12. The van der Waals surface area contributed by atoms with Gasteiger partial charge < -0.3 is 5.73 Å². The number of aromatic nitrogens is 3. The molecule has 1 aliphatic carbocycles. The van der Waals surface area contributed by atoms with Crippen LogP contribution in [0.1, 0.15) is 51.3 Å². The lowest BCUT2D eigenvalue weighted by Crippen LogP contribution is -2.42. The molecule has 0 amide bonds. The van der Waals surface area contributed by atoms with Crippen LogP contribution in [0.25, 0.3) is 0 Å². The first kappa shape index (κ1) is 12.6. The zero-order chi connectivity index (χ0) is 12.3. The smallest absolute Gasteiger partial charge is 0.138 e. The minimum absolute atomic E-state index is 0.0648. The summed E-state index contributed by atoms with van der Waals surface area (Å²) >= 11 is 0. The van der Waals surface area contributed by atoms with Gasteiger partial charge in [-0.2, -0.15) is 5.10 Å². The summed E-state index contributed by atoms with van der Waals surface area (Å²) in [5.41, 5.74) is 6.49. The van der Waals surface area contributed by atoms with Crippen LogP contribution in [0.15, 0.2) is 6.33 Å². The van der Waals surface area contributed by atoms with E-state index in [1.165, 1.54) is 25.7 Å². The van der Waals surface area contributed by atoms with Crippen molar-refractivity contribution < 1.29 is 0 Å². The lowest BCUT2D eigenvalue weighted by Gasteiger charge is -2.27. The molecule has 0 spiro atoms. The summed E-state index contributed by atoms with van der Waals surface area (Å²) in [5.74, 6) is 1.89. The van der Waals surface area contributed by atoms with Gasteiger partial charge in [-0.25, -0.2) is 4.98 Å². The van der Waals surface area contributed by atoms with Gasteiger partial charge in [0.05, 0.1) is 0 Å². The average molecular weight is 236 g/mol. The summed E-state index contributed by atoms with van der Waals surface area (Å²) in [6.07, 6.45) is 9.88. The van der Waals surface area contributed by atoms with Gasteiger partial charge in [-0.3, -0.25) is 4.68 Å². The largest absolute Gasteiger partial charge is 0.325 e. The van der Waals surface area contributed by atoms with Crippen LogP contribution in [-0.4, -0.2) is 20.3 Å². The van der Waals surface area contributed by atoms with E-state index < -0.39 is 0 Å². The molecule has 17 heavy (non-hydrogen) atoms. The van der Waals surface area contributed by atoms with Crippen molar-refractivity contribution in [2.45, 2.75) is 57.4 Å². The fourth-order valence-corrected chi connectivity index (χ4v) is 2.88. The van der Waals surface area contributed by atoms with Crippen molar-refractivity contribution in [3.05, 3.63) is 12.2 Å². The monoisotopic (exact) mass is 236 g/mol. The molecule has 4 heteroatoms. The fraction of sp³-hybridized carbons (Fsp3) is 0.846. The van der Waals surface area contributed by atoms with Gasteiger partial charge in [-0.1, -0.05) is 26.2 Å². The molecular weight excluding hydrogens is 212 g/mol. The molecule has 0 bridgehead atoms. The Balaban J connectivity index is 2.01.